The van der Waals surface area contributed by atoms with E-state index in [1.54, 1.807) is 0 Å². The lowest BCUT2D eigenvalue weighted by atomic mass is 10.1. The predicted octanol–water partition coefficient (Wildman–Crippen LogP) is 3.63. The molecule has 0 amide bonds. The summed E-state index contributed by atoms with van der Waals surface area (Å²) in [7, 11) is 0. The number of rotatable bonds is 4. The van der Waals surface area contributed by atoms with Crippen LogP contribution in [-0.4, -0.2) is 18.4 Å². The van der Waals surface area contributed by atoms with Crippen molar-refractivity contribution in [2.24, 2.45) is 0 Å². The summed E-state index contributed by atoms with van der Waals surface area (Å²) in [4.78, 5) is 35.9. The Labute approximate surface area is 145 Å². The molecule has 7 heteroatoms. The van der Waals surface area contributed by atoms with Gasteiger partial charge in [-0.3, -0.25) is 9.59 Å². The number of Topliss-reactive ketones (excluding diaryl/α,β-unsaturated/α-hetero) is 1. The van der Waals surface area contributed by atoms with E-state index in [9.17, 15) is 18.8 Å². The summed E-state index contributed by atoms with van der Waals surface area (Å²) in [5.74, 6) is -2.78. The lowest BCUT2D eigenvalue weighted by molar-refractivity contribution is 0.0443. The molecule has 2 aromatic carbocycles. The van der Waals surface area contributed by atoms with E-state index < -0.39 is 29.6 Å². The van der Waals surface area contributed by atoms with Gasteiger partial charge >= 0.3 is 5.97 Å². The molecule has 0 radical (unpaired) electrons. The Kier molecular flexibility index (Phi) is 4.63. The second kappa shape index (κ2) is 6.86. The molecule has 0 aliphatic rings. The predicted molar refractivity (Wildman–Crippen MR) is 88.5 cm³/mol. The monoisotopic (exact) mass is 360 g/mol. The van der Waals surface area contributed by atoms with Gasteiger partial charge in [0.1, 0.15) is 11.4 Å². The van der Waals surface area contributed by atoms with Crippen LogP contribution in [0, 0.1) is 5.82 Å². The van der Waals surface area contributed by atoms with Crippen molar-refractivity contribution in [1.82, 2.24) is 0 Å². The van der Waals surface area contributed by atoms with Gasteiger partial charge in [0.2, 0.25) is 11.5 Å². The molecular weight excluding hydrogens is 351 g/mol. The van der Waals surface area contributed by atoms with Crippen molar-refractivity contribution < 1.29 is 23.1 Å². The molecule has 0 aliphatic heterocycles. The fraction of sp³-hybridized carbons (Fsp3) is 0.0556. The largest absolute Gasteiger partial charge is 0.451 e. The van der Waals surface area contributed by atoms with Gasteiger partial charge in [-0.25, -0.2) is 9.18 Å². The first kappa shape index (κ1) is 16.9. The van der Waals surface area contributed by atoms with E-state index in [1.165, 1.54) is 36.4 Å². The van der Waals surface area contributed by atoms with Crippen LogP contribution < -0.4 is 5.43 Å². The van der Waals surface area contributed by atoms with Crippen LogP contribution in [-0.2, 0) is 4.74 Å². The van der Waals surface area contributed by atoms with Crippen molar-refractivity contribution in [3.63, 3.8) is 0 Å². The maximum Gasteiger partial charge on any atom is 0.374 e. The van der Waals surface area contributed by atoms with Crippen molar-refractivity contribution in [3.8, 4) is 0 Å². The number of carbonyl (C=O) groups is 2. The fourth-order valence-electron chi connectivity index (χ4n) is 2.20. The summed E-state index contributed by atoms with van der Waals surface area (Å²) in [6, 6.07) is 10.7. The van der Waals surface area contributed by atoms with Gasteiger partial charge in [-0.05, 0) is 30.3 Å². The minimum atomic E-state index is -1.00. The molecule has 1 aromatic heterocycles. The number of fused-ring (bicyclic) bond motifs is 1. The summed E-state index contributed by atoms with van der Waals surface area (Å²) in [6.07, 6.45) is 0. The quantitative estimate of drug-likeness (QED) is 0.524. The van der Waals surface area contributed by atoms with E-state index in [0.29, 0.717) is 5.02 Å². The van der Waals surface area contributed by atoms with Crippen molar-refractivity contribution in [1.29, 1.82) is 0 Å². The number of benzene rings is 2. The van der Waals surface area contributed by atoms with E-state index in [1.807, 2.05) is 0 Å². The van der Waals surface area contributed by atoms with Gasteiger partial charge in [-0.1, -0.05) is 23.7 Å². The van der Waals surface area contributed by atoms with Crippen LogP contribution >= 0.6 is 11.6 Å². The third kappa shape index (κ3) is 3.59. The Morgan fingerprint density at radius 1 is 1.12 bits per heavy atom. The van der Waals surface area contributed by atoms with Gasteiger partial charge in [-0.2, -0.15) is 0 Å². The minimum Gasteiger partial charge on any atom is -0.451 e. The van der Waals surface area contributed by atoms with Crippen LogP contribution in [0.3, 0.4) is 0 Å². The Morgan fingerprint density at radius 2 is 1.88 bits per heavy atom. The fourth-order valence-corrected chi connectivity index (χ4v) is 2.37. The average Bonchev–Trinajstić information content (AvgIpc) is 2.60. The first-order valence-electron chi connectivity index (χ1n) is 7.14. The van der Waals surface area contributed by atoms with Crippen LogP contribution in [0.15, 0.2) is 57.7 Å². The molecule has 5 nitrogen and oxygen atoms in total. The van der Waals surface area contributed by atoms with Gasteiger partial charge < -0.3 is 9.15 Å². The van der Waals surface area contributed by atoms with Crippen molar-refractivity contribution in [2.45, 2.75) is 0 Å². The molecule has 0 bridgehead atoms. The number of esters is 1. The van der Waals surface area contributed by atoms with Crippen molar-refractivity contribution in [2.75, 3.05) is 6.61 Å². The van der Waals surface area contributed by atoms with E-state index >= 15 is 0 Å². The first-order chi connectivity index (χ1) is 12.0. The van der Waals surface area contributed by atoms with Crippen LogP contribution in [0.25, 0.3) is 11.0 Å². The zero-order chi connectivity index (χ0) is 18.0. The maximum atomic E-state index is 13.5. The molecule has 0 N–H and O–H groups in total. The number of ketones is 1. The zero-order valence-corrected chi connectivity index (χ0v) is 13.4. The molecular formula is C18H10ClFO5. The molecule has 0 saturated heterocycles. The van der Waals surface area contributed by atoms with E-state index in [0.717, 1.165) is 12.1 Å². The molecule has 3 rings (SSSR count). The number of hydrogen-bond donors (Lipinski definition) is 0. The lowest BCUT2D eigenvalue weighted by Crippen LogP contribution is -2.16. The molecule has 0 aliphatic carbocycles. The molecule has 126 valence electrons. The Balaban J connectivity index is 1.79. The normalized spacial score (nSPS) is 10.6. The van der Waals surface area contributed by atoms with Crippen molar-refractivity contribution in [3.05, 3.63) is 80.9 Å². The van der Waals surface area contributed by atoms with Crippen LogP contribution in [0.2, 0.25) is 5.02 Å². The Bertz CT molecular complexity index is 1040. The second-order valence-electron chi connectivity index (χ2n) is 5.09. The van der Waals surface area contributed by atoms with Crippen LogP contribution in [0.1, 0.15) is 20.9 Å². The summed E-state index contributed by atoms with van der Waals surface area (Å²) in [6.45, 7) is -0.678. The molecule has 0 fully saturated rings. The smallest absolute Gasteiger partial charge is 0.374 e. The summed E-state index contributed by atoms with van der Waals surface area (Å²) >= 11 is 5.81. The minimum absolute atomic E-state index is 0.157. The summed E-state index contributed by atoms with van der Waals surface area (Å²) in [5.41, 5.74) is -0.509. The van der Waals surface area contributed by atoms with E-state index in [4.69, 9.17) is 20.8 Å². The molecule has 0 unspecified atom stereocenters. The molecule has 3 aromatic rings. The summed E-state index contributed by atoms with van der Waals surface area (Å²) in [5, 5.41) is 0.567. The molecule has 25 heavy (non-hydrogen) atoms. The van der Waals surface area contributed by atoms with Gasteiger partial charge in [-0.15, -0.1) is 0 Å². The molecule has 0 saturated carbocycles. The van der Waals surface area contributed by atoms with Gasteiger partial charge in [0.15, 0.2) is 12.0 Å². The van der Waals surface area contributed by atoms with Gasteiger partial charge in [0, 0.05) is 11.1 Å². The van der Waals surface area contributed by atoms with Crippen molar-refractivity contribution >= 4 is 34.3 Å². The third-order valence-electron chi connectivity index (χ3n) is 3.40. The standard InChI is InChI=1S/C18H10ClFO5/c19-10-5-6-16-12(7-10)14(21)8-17(25-16)18(23)24-9-15(22)11-3-1-2-4-13(11)20/h1-8H,9H2. The van der Waals surface area contributed by atoms with Crippen LogP contribution in [0.5, 0.6) is 0 Å². The average molecular weight is 361 g/mol. The zero-order valence-electron chi connectivity index (χ0n) is 12.6. The first-order valence-corrected chi connectivity index (χ1v) is 7.52. The Morgan fingerprint density at radius 3 is 2.64 bits per heavy atom. The molecule has 0 atom stereocenters. The maximum absolute atomic E-state index is 13.5. The third-order valence-corrected chi connectivity index (χ3v) is 3.63. The highest BCUT2D eigenvalue weighted by Gasteiger charge is 2.17. The number of hydrogen-bond acceptors (Lipinski definition) is 5. The number of carbonyl (C=O) groups excluding carboxylic acids is 2. The highest BCUT2D eigenvalue weighted by molar-refractivity contribution is 6.31. The summed E-state index contributed by atoms with van der Waals surface area (Å²) < 4.78 is 23.6. The highest BCUT2D eigenvalue weighted by Crippen LogP contribution is 2.18. The second-order valence-corrected chi connectivity index (χ2v) is 5.53. The topological polar surface area (TPSA) is 73.6 Å². The van der Waals surface area contributed by atoms with E-state index in [2.05, 4.69) is 0 Å². The lowest BCUT2D eigenvalue weighted by Gasteiger charge is -2.05. The molecule has 1 heterocycles. The SMILES string of the molecule is O=C(OCC(=O)c1ccccc1F)c1cc(=O)c2cc(Cl)ccc2o1. The Hall–Kier alpha value is -2.99. The highest BCUT2D eigenvalue weighted by atomic mass is 35.5. The molecule has 0 spiro atoms. The van der Waals surface area contributed by atoms with Gasteiger partial charge in [0.05, 0.1) is 10.9 Å². The number of ether oxygens (including phenoxy) is 1. The van der Waals surface area contributed by atoms with E-state index in [-0.39, 0.29) is 22.3 Å². The van der Waals surface area contributed by atoms with Gasteiger partial charge in [0.25, 0.3) is 0 Å². The number of halogens is 2. The van der Waals surface area contributed by atoms with Crippen LogP contribution in [0.4, 0.5) is 4.39 Å².